The van der Waals surface area contributed by atoms with Crippen LogP contribution in [0.1, 0.15) is 29.1 Å². The average molecular weight is 241 g/mol. The summed E-state index contributed by atoms with van der Waals surface area (Å²) in [6.07, 6.45) is 1.09. The van der Waals surface area contributed by atoms with Crippen LogP contribution in [0.5, 0.6) is 0 Å². The van der Waals surface area contributed by atoms with E-state index in [4.69, 9.17) is 10.8 Å². The van der Waals surface area contributed by atoms with Crippen molar-refractivity contribution in [1.82, 2.24) is 9.88 Å². The first kappa shape index (κ1) is 11.5. The number of hydrogen-bond acceptors (Lipinski definition) is 5. The largest absolute Gasteiger partial charge is 0.480 e. The first-order valence-electron chi connectivity index (χ1n) is 5.20. The van der Waals surface area contributed by atoms with E-state index in [1.165, 1.54) is 11.3 Å². The Kier molecular flexibility index (Phi) is 3.22. The Hall–Kier alpha value is -0.980. The molecule has 2 heterocycles. The number of hydrogen-bond donors (Lipinski definition) is 2. The summed E-state index contributed by atoms with van der Waals surface area (Å²) < 4.78 is 0. The second kappa shape index (κ2) is 4.48. The minimum atomic E-state index is -1.03. The van der Waals surface area contributed by atoms with E-state index in [-0.39, 0.29) is 0 Å². The number of likely N-dealkylation sites (tertiary alicyclic amines) is 1. The Morgan fingerprint density at radius 1 is 1.81 bits per heavy atom. The van der Waals surface area contributed by atoms with Crippen LogP contribution < -0.4 is 5.73 Å². The molecule has 1 aliphatic rings. The summed E-state index contributed by atoms with van der Waals surface area (Å²) in [6, 6.07) is -0.996. The summed E-state index contributed by atoms with van der Waals surface area (Å²) in [6.45, 7) is 2.07. The second-order valence-corrected chi connectivity index (χ2v) is 5.06. The molecule has 0 spiro atoms. The zero-order valence-corrected chi connectivity index (χ0v) is 9.91. The molecule has 1 saturated heterocycles. The molecule has 2 rings (SSSR count). The molecule has 16 heavy (non-hydrogen) atoms. The number of carbonyl (C=O) groups is 1. The van der Waals surface area contributed by atoms with Crippen LogP contribution in [0.4, 0.5) is 0 Å². The number of thiazole rings is 1. The Balaban J connectivity index is 2.10. The number of carboxylic acids is 1. The summed E-state index contributed by atoms with van der Waals surface area (Å²) >= 11 is 1.51. The van der Waals surface area contributed by atoms with E-state index in [1.54, 1.807) is 5.38 Å². The Morgan fingerprint density at radius 2 is 2.56 bits per heavy atom. The van der Waals surface area contributed by atoms with Crippen LogP contribution in [-0.4, -0.2) is 41.1 Å². The standard InChI is InChI=1S/C10H15N3O2S/c1-13-3-2-6(4-13)9-12-7(5-16-9)8(11)10(14)15/h5-6,8H,2-4,11H2,1H3,(H,14,15). The number of rotatable bonds is 3. The van der Waals surface area contributed by atoms with Gasteiger partial charge in [-0.15, -0.1) is 11.3 Å². The topological polar surface area (TPSA) is 79.5 Å². The van der Waals surface area contributed by atoms with E-state index >= 15 is 0 Å². The highest BCUT2D eigenvalue weighted by Gasteiger charge is 2.25. The van der Waals surface area contributed by atoms with Crippen molar-refractivity contribution < 1.29 is 9.90 Å². The third-order valence-corrected chi connectivity index (χ3v) is 3.89. The molecule has 1 aromatic heterocycles. The van der Waals surface area contributed by atoms with Gasteiger partial charge in [0, 0.05) is 17.8 Å². The van der Waals surface area contributed by atoms with Gasteiger partial charge in [-0.3, -0.25) is 4.79 Å². The molecule has 88 valence electrons. The fourth-order valence-corrected chi connectivity index (χ4v) is 2.88. The molecule has 1 aliphatic heterocycles. The molecule has 0 amide bonds. The normalized spacial score (nSPS) is 23.5. The molecule has 0 aliphatic carbocycles. The molecular formula is C10H15N3O2S. The molecule has 2 unspecified atom stereocenters. The van der Waals surface area contributed by atoms with Crippen LogP contribution in [0, 0.1) is 0 Å². The number of carboxylic acid groups (broad SMARTS) is 1. The van der Waals surface area contributed by atoms with Crippen LogP contribution in [0.3, 0.4) is 0 Å². The van der Waals surface area contributed by atoms with Crippen molar-refractivity contribution in [2.75, 3.05) is 20.1 Å². The Morgan fingerprint density at radius 3 is 3.12 bits per heavy atom. The van der Waals surface area contributed by atoms with E-state index in [1.807, 2.05) is 0 Å². The molecule has 0 bridgehead atoms. The number of likely N-dealkylation sites (N-methyl/N-ethyl adjacent to an activating group) is 1. The van der Waals surface area contributed by atoms with Crippen LogP contribution in [0.15, 0.2) is 5.38 Å². The first-order chi connectivity index (χ1) is 7.58. The molecule has 1 fully saturated rings. The van der Waals surface area contributed by atoms with Gasteiger partial charge >= 0.3 is 5.97 Å². The number of aromatic nitrogens is 1. The number of nitrogens with zero attached hydrogens (tertiary/aromatic N) is 2. The maximum Gasteiger partial charge on any atom is 0.326 e. The fraction of sp³-hybridized carbons (Fsp3) is 0.600. The molecule has 3 N–H and O–H groups in total. The lowest BCUT2D eigenvalue weighted by atomic mass is 10.1. The van der Waals surface area contributed by atoms with Gasteiger partial charge in [0.05, 0.1) is 10.7 Å². The van der Waals surface area contributed by atoms with Crippen molar-refractivity contribution in [3.8, 4) is 0 Å². The second-order valence-electron chi connectivity index (χ2n) is 4.17. The lowest BCUT2D eigenvalue weighted by Gasteiger charge is -2.07. The van der Waals surface area contributed by atoms with Crippen molar-refractivity contribution in [2.24, 2.45) is 5.73 Å². The summed E-state index contributed by atoms with van der Waals surface area (Å²) in [5, 5.41) is 11.6. The average Bonchev–Trinajstić information content (AvgIpc) is 2.84. The van der Waals surface area contributed by atoms with Gasteiger partial charge < -0.3 is 15.7 Å². The molecule has 5 nitrogen and oxygen atoms in total. The molecule has 0 radical (unpaired) electrons. The van der Waals surface area contributed by atoms with E-state index in [9.17, 15) is 4.79 Å². The van der Waals surface area contributed by atoms with Crippen LogP contribution >= 0.6 is 11.3 Å². The maximum absolute atomic E-state index is 10.7. The molecule has 0 aromatic carbocycles. The predicted molar refractivity (Wildman–Crippen MR) is 61.5 cm³/mol. The van der Waals surface area contributed by atoms with Gasteiger partial charge in [-0.05, 0) is 20.0 Å². The van der Waals surface area contributed by atoms with Crippen molar-refractivity contribution in [2.45, 2.75) is 18.4 Å². The lowest BCUT2D eigenvalue weighted by Crippen LogP contribution is -2.21. The lowest BCUT2D eigenvalue weighted by molar-refractivity contribution is -0.138. The Bertz CT molecular complexity index is 393. The zero-order valence-electron chi connectivity index (χ0n) is 9.09. The monoisotopic (exact) mass is 241 g/mol. The summed E-state index contributed by atoms with van der Waals surface area (Å²) in [5.74, 6) is -0.592. The quantitative estimate of drug-likeness (QED) is 0.812. The number of nitrogens with two attached hydrogens (primary N) is 1. The minimum Gasteiger partial charge on any atom is -0.480 e. The third-order valence-electron chi connectivity index (χ3n) is 2.86. The molecule has 1 aromatic rings. The Labute approximate surface area is 97.9 Å². The van der Waals surface area contributed by atoms with E-state index in [0.29, 0.717) is 11.6 Å². The zero-order chi connectivity index (χ0) is 11.7. The number of aliphatic carboxylic acids is 1. The van der Waals surface area contributed by atoms with Crippen LogP contribution in [0.2, 0.25) is 0 Å². The van der Waals surface area contributed by atoms with Crippen molar-refractivity contribution in [1.29, 1.82) is 0 Å². The van der Waals surface area contributed by atoms with Gasteiger partial charge in [-0.25, -0.2) is 4.98 Å². The smallest absolute Gasteiger partial charge is 0.326 e. The molecular weight excluding hydrogens is 226 g/mol. The molecule has 2 atom stereocenters. The van der Waals surface area contributed by atoms with Gasteiger partial charge in [0.25, 0.3) is 0 Å². The third kappa shape index (κ3) is 2.23. The highest BCUT2D eigenvalue weighted by atomic mass is 32.1. The maximum atomic E-state index is 10.7. The summed E-state index contributed by atoms with van der Waals surface area (Å²) in [4.78, 5) is 17.3. The van der Waals surface area contributed by atoms with E-state index in [0.717, 1.165) is 24.5 Å². The highest BCUT2D eigenvalue weighted by molar-refractivity contribution is 7.09. The van der Waals surface area contributed by atoms with E-state index in [2.05, 4.69) is 16.9 Å². The van der Waals surface area contributed by atoms with Gasteiger partial charge in [0.2, 0.25) is 0 Å². The van der Waals surface area contributed by atoms with Gasteiger partial charge in [-0.1, -0.05) is 0 Å². The highest BCUT2D eigenvalue weighted by Crippen LogP contribution is 2.29. The van der Waals surface area contributed by atoms with Gasteiger partial charge in [-0.2, -0.15) is 0 Å². The van der Waals surface area contributed by atoms with Gasteiger partial charge in [0.1, 0.15) is 6.04 Å². The van der Waals surface area contributed by atoms with Gasteiger partial charge in [0.15, 0.2) is 0 Å². The molecule has 0 saturated carbocycles. The summed E-state index contributed by atoms with van der Waals surface area (Å²) in [7, 11) is 2.08. The van der Waals surface area contributed by atoms with Crippen molar-refractivity contribution >= 4 is 17.3 Å². The van der Waals surface area contributed by atoms with E-state index < -0.39 is 12.0 Å². The predicted octanol–water partition coefficient (Wildman–Crippen LogP) is 0.647. The van der Waals surface area contributed by atoms with Crippen molar-refractivity contribution in [3.05, 3.63) is 16.1 Å². The fourth-order valence-electron chi connectivity index (χ4n) is 1.89. The van der Waals surface area contributed by atoms with Crippen LogP contribution in [-0.2, 0) is 4.79 Å². The minimum absolute atomic E-state index is 0.435. The summed E-state index contributed by atoms with van der Waals surface area (Å²) in [5.41, 5.74) is 5.99. The molecule has 6 heteroatoms. The SMILES string of the molecule is CN1CCC(c2nc(C(N)C(=O)O)cs2)C1. The van der Waals surface area contributed by atoms with Crippen LogP contribution in [0.25, 0.3) is 0 Å². The first-order valence-corrected chi connectivity index (χ1v) is 6.08. The van der Waals surface area contributed by atoms with Crippen molar-refractivity contribution in [3.63, 3.8) is 0 Å².